The number of amides is 1. The maximum Gasteiger partial charge on any atom is 0.296 e. The molecule has 4 heterocycles. The summed E-state index contributed by atoms with van der Waals surface area (Å²) in [6, 6.07) is 19.7. The lowest BCUT2D eigenvalue weighted by Gasteiger charge is -2.23. The number of H-pyrrole nitrogens is 1. The molecule has 2 unspecified atom stereocenters. The fourth-order valence-corrected chi connectivity index (χ4v) is 4.94. The van der Waals surface area contributed by atoms with Crippen LogP contribution in [0.25, 0.3) is 33.2 Å². The first-order valence-electron chi connectivity index (χ1n) is 12.8. The fraction of sp³-hybridized carbons (Fsp3) is 0.241. The van der Waals surface area contributed by atoms with Gasteiger partial charge in [0.15, 0.2) is 6.04 Å². The first-order valence-corrected chi connectivity index (χ1v) is 12.8. The van der Waals surface area contributed by atoms with Gasteiger partial charge in [-0.1, -0.05) is 36.4 Å². The second-order valence-electron chi connectivity index (χ2n) is 9.48. The van der Waals surface area contributed by atoms with E-state index >= 15 is 0 Å². The van der Waals surface area contributed by atoms with Crippen LogP contribution in [0.1, 0.15) is 30.3 Å². The van der Waals surface area contributed by atoms with E-state index in [0.29, 0.717) is 35.4 Å². The normalized spacial score (nSPS) is 16.1. The van der Waals surface area contributed by atoms with E-state index in [1.165, 1.54) is 4.68 Å². The third-order valence-electron chi connectivity index (χ3n) is 6.86. The summed E-state index contributed by atoms with van der Waals surface area (Å²) in [7, 11) is 0. The highest BCUT2D eigenvalue weighted by molar-refractivity contribution is 5.95. The number of carbonyl (C=O) groups is 1. The van der Waals surface area contributed by atoms with Crippen LogP contribution in [0.2, 0.25) is 0 Å². The van der Waals surface area contributed by atoms with Crippen molar-refractivity contribution in [3.63, 3.8) is 0 Å². The molecule has 1 aliphatic rings. The SMILES string of the molecule is Cc1cccc(C(Nn2c(=O)c(-c3c[nH]c4ccccc34)nc3ccccc32)C(=O)NCC2CCCO2)n1. The lowest BCUT2D eigenvalue weighted by molar-refractivity contribution is -0.122. The third-order valence-corrected chi connectivity index (χ3v) is 6.86. The summed E-state index contributed by atoms with van der Waals surface area (Å²) in [5.74, 6) is -0.292. The van der Waals surface area contributed by atoms with Gasteiger partial charge in [-0.3, -0.25) is 14.6 Å². The summed E-state index contributed by atoms with van der Waals surface area (Å²) in [6.45, 7) is 2.97. The Morgan fingerprint density at radius 2 is 1.95 bits per heavy atom. The summed E-state index contributed by atoms with van der Waals surface area (Å²) >= 11 is 0. The number of ether oxygens (including phenoxy) is 1. The predicted octanol–water partition coefficient (Wildman–Crippen LogP) is 3.83. The molecular weight excluding hydrogens is 480 g/mol. The Labute approximate surface area is 218 Å². The van der Waals surface area contributed by atoms with E-state index in [-0.39, 0.29) is 23.3 Å². The van der Waals surface area contributed by atoms with Crippen molar-refractivity contribution in [3.8, 4) is 11.3 Å². The smallest absolute Gasteiger partial charge is 0.296 e. The summed E-state index contributed by atoms with van der Waals surface area (Å²) in [6.07, 6.45) is 3.67. The second-order valence-corrected chi connectivity index (χ2v) is 9.48. The van der Waals surface area contributed by atoms with E-state index in [4.69, 9.17) is 9.72 Å². The van der Waals surface area contributed by atoms with Crippen molar-refractivity contribution in [1.29, 1.82) is 0 Å². The molecule has 9 nitrogen and oxygen atoms in total. The summed E-state index contributed by atoms with van der Waals surface area (Å²) < 4.78 is 7.09. The molecule has 3 N–H and O–H groups in total. The highest BCUT2D eigenvalue weighted by Crippen LogP contribution is 2.26. The van der Waals surface area contributed by atoms with Crippen LogP contribution >= 0.6 is 0 Å². The number of para-hydroxylation sites is 3. The number of hydrogen-bond donors (Lipinski definition) is 3. The van der Waals surface area contributed by atoms with E-state index in [2.05, 4.69) is 20.7 Å². The van der Waals surface area contributed by atoms with E-state index in [0.717, 1.165) is 29.4 Å². The molecule has 0 spiro atoms. The van der Waals surface area contributed by atoms with Crippen LogP contribution < -0.4 is 16.3 Å². The Bertz CT molecular complexity index is 1690. The maximum atomic E-state index is 14.0. The van der Waals surface area contributed by atoms with E-state index in [1.807, 2.05) is 61.5 Å². The average Bonchev–Trinajstić information content (AvgIpc) is 3.61. The average molecular weight is 509 g/mol. The van der Waals surface area contributed by atoms with Crippen molar-refractivity contribution < 1.29 is 9.53 Å². The highest BCUT2D eigenvalue weighted by atomic mass is 16.5. The maximum absolute atomic E-state index is 14.0. The molecule has 1 saturated heterocycles. The summed E-state index contributed by atoms with van der Waals surface area (Å²) in [5.41, 5.74) is 7.18. The molecule has 2 aromatic carbocycles. The number of nitrogens with one attached hydrogen (secondary N) is 3. The van der Waals surface area contributed by atoms with Crippen molar-refractivity contribution in [2.75, 3.05) is 18.6 Å². The van der Waals surface area contributed by atoms with Gasteiger partial charge < -0.3 is 20.5 Å². The molecule has 1 amide bonds. The largest absolute Gasteiger partial charge is 0.376 e. The van der Waals surface area contributed by atoms with Gasteiger partial charge in [0, 0.05) is 41.5 Å². The molecule has 6 rings (SSSR count). The number of hydrogen-bond acceptors (Lipinski definition) is 6. The topological polar surface area (TPSA) is 114 Å². The number of pyridine rings is 1. The van der Waals surface area contributed by atoms with Gasteiger partial charge >= 0.3 is 0 Å². The molecule has 0 radical (unpaired) electrons. The van der Waals surface area contributed by atoms with Gasteiger partial charge in [0.25, 0.3) is 5.56 Å². The number of carbonyl (C=O) groups excluding carboxylic acids is 1. The van der Waals surface area contributed by atoms with Crippen molar-refractivity contribution in [3.05, 3.63) is 94.7 Å². The zero-order valence-corrected chi connectivity index (χ0v) is 21.0. The Kier molecular flexibility index (Phi) is 6.35. The van der Waals surface area contributed by atoms with Crippen molar-refractivity contribution in [1.82, 2.24) is 24.9 Å². The first-order chi connectivity index (χ1) is 18.6. The van der Waals surface area contributed by atoms with Crippen LogP contribution in [0.15, 0.2) is 77.7 Å². The monoisotopic (exact) mass is 508 g/mol. The first kappa shape index (κ1) is 23.9. The molecule has 3 aromatic heterocycles. The van der Waals surface area contributed by atoms with Gasteiger partial charge in [0.2, 0.25) is 5.91 Å². The molecule has 5 aromatic rings. The van der Waals surface area contributed by atoms with Crippen LogP contribution in [0.5, 0.6) is 0 Å². The van der Waals surface area contributed by atoms with E-state index in [9.17, 15) is 9.59 Å². The Morgan fingerprint density at radius 3 is 2.79 bits per heavy atom. The zero-order valence-electron chi connectivity index (χ0n) is 21.0. The molecule has 38 heavy (non-hydrogen) atoms. The molecule has 0 bridgehead atoms. The molecule has 1 fully saturated rings. The zero-order chi connectivity index (χ0) is 26.1. The number of benzene rings is 2. The standard InChI is InChI=1S/C29H28N6O3/c1-18-8-6-13-24(32-18)27(28(36)31-16-19-9-7-15-38-19)34-35-25-14-5-4-12-23(25)33-26(29(35)37)21-17-30-22-11-3-2-10-20(21)22/h2-6,8,10-14,17,19,27,30,34H,7,9,15-16H2,1H3,(H,31,36). The van der Waals surface area contributed by atoms with Crippen molar-refractivity contribution in [2.45, 2.75) is 31.9 Å². The number of fused-ring (bicyclic) bond motifs is 2. The van der Waals surface area contributed by atoms with E-state index < -0.39 is 6.04 Å². The van der Waals surface area contributed by atoms with Crippen LogP contribution in [0.4, 0.5) is 0 Å². The van der Waals surface area contributed by atoms with Gasteiger partial charge in [-0.2, -0.15) is 0 Å². The second kappa shape index (κ2) is 10.1. The molecule has 0 aliphatic carbocycles. The third kappa shape index (κ3) is 4.52. The Morgan fingerprint density at radius 1 is 1.11 bits per heavy atom. The van der Waals surface area contributed by atoms with Crippen LogP contribution in [-0.2, 0) is 9.53 Å². The number of aryl methyl sites for hydroxylation is 1. The van der Waals surface area contributed by atoms with Crippen LogP contribution in [0.3, 0.4) is 0 Å². The lowest BCUT2D eigenvalue weighted by atomic mass is 10.1. The number of rotatable bonds is 7. The molecule has 192 valence electrons. The molecular formula is C29H28N6O3. The van der Waals surface area contributed by atoms with Gasteiger partial charge in [0.1, 0.15) is 5.69 Å². The van der Waals surface area contributed by atoms with Gasteiger partial charge in [-0.15, -0.1) is 0 Å². The molecule has 1 aliphatic heterocycles. The number of aromatic nitrogens is 4. The number of aromatic amines is 1. The van der Waals surface area contributed by atoms with E-state index in [1.54, 1.807) is 18.3 Å². The number of nitrogens with zero attached hydrogens (tertiary/aromatic N) is 3. The summed E-state index contributed by atoms with van der Waals surface area (Å²) in [5, 5.41) is 3.89. The minimum Gasteiger partial charge on any atom is -0.376 e. The Hall–Kier alpha value is -4.50. The van der Waals surface area contributed by atoms with Crippen LogP contribution in [-0.4, -0.2) is 44.8 Å². The van der Waals surface area contributed by atoms with Crippen molar-refractivity contribution >= 4 is 27.8 Å². The highest BCUT2D eigenvalue weighted by Gasteiger charge is 2.26. The lowest BCUT2D eigenvalue weighted by Crippen LogP contribution is -2.43. The van der Waals surface area contributed by atoms with Gasteiger partial charge in [0.05, 0.1) is 22.8 Å². The van der Waals surface area contributed by atoms with Crippen molar-refractivity contribution in [2.24, 2.45) is 0 Å². The molecule has 9 heteroatoms. The van der Waals surface area contributed by atoms with Gasteiger partial charge in [-0.25, -0.2) is 9.66 Å². The van der Waals surface area contributed by atoms with Gasteiger partial charge in [-0.05, 0) is 50.1 Å². The predicted molar refractivity (Wildman–Crippen MR) is 146 cm³/mol. The minimum atomic E-state index is -0.921. The fourth-order valence-electron chi connectivity index (χ4n) is 4.94. The quantitative estimate of drug-likeness (QED) is 0.308. The molecule has 0 saturated carbocycles. The molecule has 2 atom stereocenters. The van der Waals surface area contributed by atoms with Crippen LogP contribution in [0, 0.1) is 6.92 Å². The Balaban J connectivity index is 1.45. The summed E-state index contributed by atoms with van der Waals surface area (Å²) in [4.78, 5) is 40.1. The minimum absolute atomic E-state index is 0.0111.